The fraction of sp³-hybridized carbons (Fsp3) is 0.533. The van der Waals surface area contributed by atoms with Crippen LogP contribution in [0.2, 0.25) is 0 Å². The number of rotatable bonds is 4. The Morgan fingerprint density at radius 1 is 1.44 bits per heavy atom. The van der Waals surface area contributed by atoms with Gasteiger partial charge in [-0.15, -0.1) is 0 Å². The highest BCUT2D eigenvalue weighted by Gasteiger charge is 2.29. The minimum Gasteiger partial charge on any atom is -0.336 e. The van der Waals surface area contributed by atoms with E-state index in [1.165, 1.54) is 12.8 Å². The van der Waals surface area contributed by atoms with Crippen LogP contribution in [0.4, 0.5) is 4.39 Å². The zero-order valence-corrected chi connectivity index (χ0v) is 11.2. The van der Waals surface area contributed by atoms with Gasteiger partial charge in [-0.05, 0) is 51.2 Å². The second-order valence-corrected chi connectivity index (χ2v) is 5.43. The molecule has 1 aromatic rings. The lowest BCUT2D eigenvalue weighted by molar-refractivity contribution is 0.0691. The van der Waals surface area contributed by atoms with E-state index in [9.17, 15) is 9.18 Å². The average Bonchev–Trinajstić information content (AvgIpc) is 3.12. The Balaban J connectivity index is 2.23. The molecule has 98 valence electrons. The van der Waals surface area contributed by atoms with Gasteiger partial charge in [0.2, 0.25) is 0 Å². The molecule has 1 aliphatic rings. The number of aryl methyl sites for hydroxylation is 1. The van der Waals surface area contributed by atoms with Gasteiger partial charge in [0.15, 0.2) is 0 Å². The van der Waals surface area contributed by atoms with Gasteiger partial charge < -0.3 is 4.90 Å². The molecule has 2 rings (SSSR count). The highest BCUT2D eigenvalue weighted by atomic mass is 19.1. The molecule has 1 aromatic carbocycles. The largest absolute Gasteiger partial charge is 0.336 e. The van der Waals surface area contributed by atoms with Crippen LogP contribution in [0.1, 0.15) is 42.6 Å². The summed E-state index contributed by atoms with van der Waals surface area (Å²) < 4.78 is 14.0. The third-order valence-corrected chi connectivity index (χ3v) is 3.46. The number of hydrogen-bond acceptors (Lipinski definition) is 1. The number of carbonyl (C=O) groups excluding carboxylic acids is 1. The van der Waals surface area contributed by atoms with E-state index in [1.54, 1.807) is 30.0 Å². The summed E-state index contributed by atoms with van der Waals surface area (Å²) in [6, 6.07) is 5.11. The highest BCUT2D eigenvalue weighted by Crippen LogP contribution is 2.31. The van der Waals surface area contributed by atoms with Crippen molar-refractivity contribution in [2.45, 2.75) is 39.7 Å². The molecular weight excluding hydrogens is 229 g/mol. The Hall–Kier alpha value is -1.38. The summed E-state index contributed by atoms with van der Waals surface area (Å²) in [5.41, 5.74) is 0.723. The number of carbonyl (C=O) groups is 1. The molecule has 0 N–H and O–H groups in total. The lowest BCUT2D eigenvalue weighted by Crippen LogP contribution is -2.39. The van der Waals surface area contributed by atoms with Crippen molar-refractivity contribution in [3.05, 3.63) is 35.1 Å². The summed E-state index contributed by atoms with van der Waals surface area (Å²) in [6.07, 6.45) is 2.37. The van der Waals surface area contributed by atoms with Crippen LogP contribution in [0.15, 0.2) is 18.2 Å². The maximum Gasteiger partial charge on any atom is 0.257 e. The molecule has 0 heterocycles. The molecule has 0 bridgehead atoms. The maximum absolute atomic E-state index is 14.0. The van der Waals surface area contributed by atoms with Gasteiger partial charge in [-0.25, -0.2) is 4.39 Å². The topological polar surface area (TPSA) is 20.3 Å². The third kappa shape index (κ3) is 2.71. The zero-order chi connectivity index (χ0) is 13.3. The highest BCUT2D eigenvalue weighted by molar-refractivity contribution is 5.94. The van der Waals surface area contributed by atoms with E-state index in [2.05, 4.69) is 0 Å². The van der Waals surface area contributed by atoms with Crippen molar-refractivity contribution in [1.29, 1.82) is 0 Å². The molecule has 0 aromatic heterocycles. The number of benzene rings is 1. The van der Waals surface area contributed by atoms with E-state index in [0.717, 1.165) is 6.54 Å². The Morgan fingerprint density at radius 3 is 2.67 bits per heavy atom. The summed E-state index contributed by atoms with van der Waals surface area (Å²) in [5, 5.41) is 0. The van der Waals surface area contributed by atoms with Gasteiger partial charge in [-0.2, -0.15) is 0 Å². The monoisotopic (exact) mass is 249 g/mol. The predicted octanol–water partition coefficient (Wildman–Crippen LogP) is 3.39. The molecule has 0 saturated heterocycles. The van der Waals surface area contributed by atoms with Crippen LogP contribution in [-0.2, 0) is 0 Å². The van der Waals surface area contributed by atoms with Crippen molar-refractivity contribution in [1.82, 2.24) is 4.90 Å². The predicted molar refractivity (Wildman–Crippen MR) is 70.0 cm³/mol. The summed E-state index contributed by atoms with van der Waals surface area (Å²) in [5.74, 6) is 0.0475. The molecule has 1 saturated carbocycles. The van der Waals surface area contributed by atoms with Gasteiger partial charge in [0, 0.05) is 12.6 Å². The molecule has 0 radical (unpaired) electrons. The SMILES string of the molecule is Cc1cccc(C(=O)N(CC2CC2)C(C)C)c1F. The first-order valence-corrected chi connectivity index (χ1v) is 6.56. The van der Waals surface area contributed by atoms with Gasteiger partial charge in [-0.3, -0.25) is 4.79 Å². The second-order valence-electron chi connectivity index (χ2n) is 5.43. The molecule has 18 heavy (non-hydrogen) atoms. The number of nitrogens with zero attached hydrogens (tertiary/aromatic N) is 1. The average molecular weight is 249 g/mol. The Morgan fingerprint density at radius 2 is 2.11 bits per heavy atom. The van der Waals surface area contributed by atoms with Gasteiger partial charge >= 0.3 is 0 Å². The van der Waals surface area contributed by atoms with Crippen molar-refractivity contribution < 1.29 is 9.18 Å². The summed E-state index contributed by atoms with van der Waals surface area (Å²) >= 11 is 0. The zero-order valence-electron chi connectivity index (χ0n) is 11.2. The van der Waals surface area contributed by atoms with Crippen LogP contribution < -0.4 is 0 Å². The minimum atomic E-state index is -0.385. The van der Waals surface area contributed by atoms with Crippen LogP contribution >= 0.6 is 0 Å². The van der Waals surface area contributed by atoms with Crippen molar-refractivity contribution >= 4 is 5.91 Å². The minimum absolute atomic E-state index is 0.109. The molecule has 2 nitrogen and oxygen atoms in total. The van der Waals surface area contributed by atoms with E-state index >= 15 is 0 Å². The summed E-state index contributed by atoms with van der Waals surface area (Å²) in [7, 11) is 0. The van der Waals surface area contributed by atoms with Crippen molar-refractivity contribution in [3.63, 3.8) is 0 Å². The Kier molecular flexibility index (Phi) is 3.69. The fourth-order valence-electron chi connectivity index (χ4n) is 2.07. The van der Waals surface area contributed by atoms with Crippen LogP contribution in [0.25, 0.3) is 0 Å². The van der Waals surface area contributed by atoms with E-state index in [4.69, 9.17) is 0 Å². The molecule has 0 spiro atoms. The number of amides is 1. The lowest BCUT2D eigenvalue weighted by atomic mass is 10.1. The standard InChI is InChI=1S/C15H20FNO/c1-10(2)17(9-12-7-8-12)15(18)13-6-4-5-11(3)14(13)16/h4-6,10,12H,7-9H2,1-3H3. The van der Waals surface area contributed by atoms with Crippen LogP contribution in [0.3, 0.4) is 0 Å². The molecule has 0 atom stereocenters. The summed E-state index contributed by atoms with van der Waals surface area (Å²) in [4.78, 5) is 14.2. The van der Waals surface area contributed by atoms with Crippen molar-refractivity contribution in [2.75, 3.05) is 6.54 Å². The van der Waals surface area contributed by atoms with Gasteiger partial charge in [0.25, 0.3) is 5.91 Å². The van der Waals surface area contributed by atoms with Crippen molar-refractivity contribution in [3.8, 4) is 0 Å². The Labute approximate surface area is 108 Å². The second kappa shape index (κ2) is 5.09. The normalized spacial score (nSPS) is 14.9. The van der Waals surface area contributed by atoms with E-state index < -0.39 is 0 Å². The van der Waals surface area contributed by atoms with Crippen LogP contribution in [-0.4, -0.2) is 23.4 Å². The number of hydrogen-bond donors (Lipinski definition) is 0. The third-order valence-electron chi connectivity index (χ3n) is 3.46. The first-order chi connectivity index (χ1) is 8.50. The molecule has 1 amide bonds. The van der Waals surface area contributed by atoms with Crippen LogP contribution in [0.5, 0.6) is 0 Å². The van der Waals surface area contributed by atoms with E-state index in [-0.39, 0.29) is 23.3 Å². The van der Waals surface area contributed by atoms with Gasteiger partial charge in [0.1, 0.15) is 5.82 Å². The van der Waals surface area contributed by atoms with Gasteiger partial charge in [0.05, 0.1) is 5.56 Å². The molecule has 1 fully saturated rings. The molecule has 3 heteroatoms. The van der Waals surface area contributed by atoms with Gasteiger partial charge in [-0.1, -0.05) is 12.1 Å². The summed E-state index contributed by atoms with van der Waals surface area (Å²) in [6.45, 7) is 6.40. The Bertz CT molecular complexity index is 452. The molecular formula is C15H20FNO. The van der Waals surface area contributed by atoms with Crippen LogP contribution in [0, 0.1) is 18.7 Å². The molecule has 0 unspecified atom stereocenters. The van der Waals surface area contributed by atoms with E-state index in [0.29, 0.717) is 11.5 Å². The fourth-order valence-corrected chi connectivity index (χ4v) is 2.07. The first-order valence-electron chi connectivity index (χ1n) is 6.56. The molecule has 1 aliphatic carbocycles. The maximum atomic E-state index is 14.0. The van der Waals surface area contributed by atoms with Crippen molar-refractivity contribution in [2.24, 2.45) is 5.92 Å². The van der Waals surface area contributed by atoms with E-state index in [1.807, 2.05) is 13.8 Å². The first kappa shape index (κ1) is 13.1. The quantitative estimate of drug-likeness (QED) is 0.801. The smallest absolute Gasteiger partial charge is 0.257 e. The molecule has 0 aliphatic heterocycles. The number of halogens is 1. The lowest BCUT2D eigenvalue weighted by Gasteiger charge is -2.27.